The number of aromatic nitrogens is 2. The van der Waals surface area contributed by atoms with Gasteiger partial charge in [-0.3, -0.25) is 4.79 Å². The first-order valence-electron chi connectivity index (χ1n) is 23.7. The van der Waals surface area contributed by atoms with E-state index in [1.807, 2.05) is 115 Å². The number of carboxylic acids is 2. The molecular formula is C56H53N3O11. The molecule has 358 valence electrons. The standard InChI is InChI=1S/C56H53N3O11/c1-36(60)51-33-37-13-12-20-50(54(37)70-51)69-30-11-9-28-67-39-22-24-43-41-15-3-5-17-45(41)59(48(43)35-39)53(56(63)64)52(55(61)62)58-44-16-4-2-14-40(44)42-23-21-38(34-47(42)58)66-27-8-10-29-68-49-19-7-6-18-46(49)57-25-31-65-32-26-57/h2-7,12-24,33-35,52-53H,8-11,25-32H2,1H3,(H,61,62)(H,63,64). The van der Waals surface area contributed by atoms with Crippen LogP contribution >= 0.6 is 0 Å². The molecule has 0 aliphatic carbocycles. The van der Waals surface area contributed by atoms with Crippen LogP contribution in [0.3, 0.4) is 0 Å². The lowest BCUT2D eigenvalue weighted by molar-refractivity contribution is -0.151. The van der Waals surface area contributed by atoms with Crippen molar-refractivity contribution in [2.24, 2.45) is 0 Å². The predicted molar refractivity (Wildman–Crippen MR) is 268 cm³/mol. The number of hydrogen-bond acceptors (Lipinski definition) is 10. The number of benzene rings is 6. The Kier molecular flexibility index (Phi) is 13.3. The summed E-state index contributed by atoms with van der Waals surface area (Å²) < 4.78 is 39.3. The van der Waals surface area contributed by atoms with E-state index in [9.17, 15) is 24.6 Å². The normalized spacial score (nSPS) is 13.8. The first-order chi connectivity index (χ1) is 34.2. The van der Waals surface area contributed by atoms with Crippen LogP contribution in [0.2, 0.25) is 0 Å². The number of anilines is 1. The van der Waals surface area contributed by atoms with Crippen molar-refractivity contribution in [3.05, 3.63) is 139 Å². The molecule has 2 N–H and O–H groups in total. The van der Waals surface area contributed by atoms with Crippen LogP contribution in [0.4, 0.5) is 5.69 Å². The molecule has 2 unspecified atom stereocenters. The van der Waals surface area contributed by atoms with Gasteiger partial charge in [0, 0.05) is 59.1 Å². The molecule has 1 saturated heterocycles. The molecule has 1 aliphatic heterocycles. The lowest BCUT2D eigenvalue weighted by Crippen LogP contribution is -2.36. The maximum atomic E-state index is 13.8. The van der Waals surface area contributed by atoms with E-state index in [4.69, 9.17) is 28.1 Å². The van der Waals surface area contributed by atoms with Crippen molar-refractivity contribution in [3.63, 3.8) is 0 Å². The van der Waals surface area contributed by atoms with Gasteiger partial charge in [0.1, 0.15) is 17.2 Å². The molecule has 9 aromatic rings. The number of ketones is 1. The largest absolute Gasteiger partial charge is 0.494 e. The maximum absolute atomic E-state index is 13.8. The monoisotopic (exact) mass is 943 g/mol. The van der Waals surface area contributed by atoms with E-state index < -0.39 is 24.0 Å². The van der Waals surface area contributed by atoms with Gasteiger partial charge in [-0.2, -0.15) is 0 Å². The fourth-order valence-electron chi connectivity index (χ4n) is 9.63. The lowest BCUT2D eigenvalue weighted by atomic mass is 10.1. The number of fused-ring (bicyclic) bond motifs is 7. The number of unbranched alkanes of at least 4 members (excludes halogenated alkanes) is 2. The third kappa shape index (κ3) is 9.17. The third-order valence-electron chi connectivity index (χ3n) is 12.9. The highest BCUT2D eigenvalue weighted by molar-refractivity contribution is 6.11. The topological polar surface area (TPSA) is 164 Å². The molecule has 6 aromatic carbocycles. The van der Waals surface area contributed by atoms with Gasteiger partial charge in [0.25, 0.3) is 0 Å². The minimum Gasteiger partial charge on any atom is -0.494 e. The van der Waals surface area contributed by atoms with Crippen LogP contribution in [0, 0.1) is 0 Å². The maximum Gasteiger partial charge on any atom is 0.329 e. The van der Waals surface area contributed by atoms with Crippen molar-refractivity contribution < 1.29 is 52.7 Å². The van der Waals surface area contributed by atoms with Crippen molar-refractivity contribution in [2.45, 2.75) is 44.7 Å². The van der Waals surface area contributed by atoms with Crippen LogP contribution in [0.15, 0.2) is 138 Å². The Balaban J connectivity index is 0.879. The van der Waals surface area contributed by atoms with E-state index in [-0.39, 0.29) is 11.5 Å². The summed E-state index contributed by atoms with van der Waals surface area (Å²) >= 11 is 0. The molecule has 0 radical (unpaired) electrons. The molecule has 70 heavy (non-hydrogen) atoms. The van der Waals surface area contributed by atoms with Gasteiger partial charge in [-0.05, 0) is 86.3 Å². The summed E-state index contributed by atoms with van der Waals surface area (Å²) in [4.78, 5) is 41.8. The molecule has 4 heterocycles. The zero-order valence-electron chi connectivity index (χ0n) is 38.8. The van der Waals surface area contributed by atoms with Crippen LogP contribution in [0.1, 0.15) is 55.2 Å². The SMILES string of the molecule is CC(=O)c1cc2cccc(OCCCCOc3ccc4c5ccccc5n(C(C(=O)O)C(C(=O)O)n5c6ccccc6c6ccc(OCCCCOc7ccccc7N7CCOCC7)cc65)c4c3)c2o1. The quantitative estimate of drug-likeness (QED) is 0.0518. The number of furan rings is 1. The Morgan fingerprint density at radius 2 is 1.03 bits per heavy atom. The summed E-state index contributed by atoms with van der Waals surface area (Å²) in [5, 5.41) is 26.5. The van der Waals surface area contributed by atoms with E-state index in [1.54, 1.807) is 21.3 Å². The van der Waals surface area contributed by atoms with E-state index in [0.29, 0.717) is 104 Å². The van der Waals surface area contributed by atoms with Crippen LogP contribution in [0.5, 0.6) is 23.0 Å². The summed E-state index contributed by atoms with van der Waals surface area (Å²) in [6.07, 6.45) is 2.76. The van der Waals surface area contributed by atoms with E-state index in [2.05, 4.69) is 11.0 Å². The lowest BCUT2D eigenvalue weighted by Gasteiger charge is -2.30. The Morgan fingerprint density at radius 3 is 1.59 bits per heavy atom. The highest BCUT2D eigenvalue weighted by atomic mass is 16.5. The van der Waals surface area contributed by atoms with Crippen LogP contribution < -0.4 is 23.8 Å². The predicted octanol–water partition coefficient (Wildman–Crippen LogP) is 11.1. The Labute approximate surface area is 403 Å². The van der Waals surface area contributed by atoms with Gasteiger partial charge >= 0.3 is 11.9 Å². The number of Topliss-reactive ketones (excluding diaryl/α,β-unsaturated/α-hetero) is 1. The minimum absolute atomic E-state index is 0.159. The van der Waals surface area contributed by atoms with Crippen LogP contribution in [-0.2, 0) is 14.3 Å². The summed E-state index contributed by atoms with van der Waals surface area (Å²) in [7, 11) is 0. The molecule has 2 atom stereocenters. The van der Waals surface area contributed by atoms with Crippen molar-refractivity contribution in [1.82, 2.24) is 9.13 Å². The Bertz CT molecular complexity index is 3360. The second-order valence-electron chi connectivity index (χ2n) is 17.4. The second-order valence-corrected chi connectivity index (χ2v) is 17.4. The molecule has 14 heteroatoms. The van der Waals surface area contributed by atoms with Gasteiger partial charge < -0.3 is 52.3 Å². The first kappa shape index (κ1) is 45.8. The molecule has 10 rings (SSSR count). The molecular weight excluding hydrogens is 891 g/mol. The third-order valence-corrected chi connectivity index (χ3v) is 12.9. The Morgan fingerprint density at radius 1 is 0.543 bits per heavy atom. The smallest absolute Gasteiger partial charge is 0.329 e. The fourth-order valence-corrected chi connectivity index (χ4v) is 9.63. The molecule has 0 bridgehead atoms. The number of carbonyl (C=O) groups excluding carboxylic acids is 1. The van der Waals surface area contributed by atoms with Gasteiger partial charge in [0.2, 0.25) is 0 Å². The van der Waals surface area contributed by atoms with E-state index in [1.165, 1.54) is 6.92 Å². The number of morpholine rings is 1. The average Bonchev–Trinajstić information content (AvgIpc) is 4.06. The van der Waals surface area contributed by atoms with Crippen molar-refractivity contribution in [1.29, 1.82) is 0 Å². The first-order valence-corrected chi connectivity index (χ1v) is 23.7. The number of carboxylic acid groups (broad SMARTS) is 2. The second kappa shape index (κ2) is 20.3. The molecule has 0 spiro atoms. The molecule has 1 fully saturated rings. The highest BCUT2D eigenvalue weighted by Crippen LogP contribution is 2.42. The number of aliphatic carboxylic acids is 2. The van der Waals surface area contributed by atoms with Gasteiger partial charge in [0.05, 0.1) is 67.4 Å². The summed E-state index contributed by atoms with van der Waals surface area (Å²) in [5.74, 6) is -0.0509. The number of rotatable bonds is 21. The molecule has 0 amide bonds. The highest BCUT2D eigenvalue weighted by Gasteiger charge is 2.40. The summed E-state index contributed by atoms with van der Waals surface area (Å²) in [6.45, 7) is 6.11. The Hall–Kier alpha value is -7.97. The van der Waals surface area contributed by atoms with Crippen LogP contribution in [0.25, 0.3) is 54.6 Å². The molecule has 3 aromatic heterocycles. The number of para-hydroxylation sites is 5. The minimum atomic E-state index is -1.60. The fraction of sp³-hybridized carbons (Fsp3) is 0.268. The molecule has 1 aliphatic rings. The van der Waals surface area contributed by atoms with E-state index >= 15 is 0 Å². The number of nitrogens with zero attached hydrogens (tertiary/aromatic N) is 3. The van der Waals surface area contributed by atoms with Gasteiger partial charge in [-0.25, -0.2) is 9.59 Å². The molecule has 14 nitrogen and oxygen atoms in total. The van der Waals surface area contributed by atoms with Crippen molar-refractivity contribution >= 4 is 78.0 Å². The van der Waals surface area contributed by atoms with E-state index in [0.717, 1.165) is 57.9 Å². The van der Waals surface area contributed by atoms with Gasteiger partial charge in [-0.1, -0.05) is 60.7 Å². The summed E-state index contributed by atoms with van der Waals surface area (Å²) in [6, 6.07) is 38.1. The van der Waals surface area contributed by atoms with Gasteiger partial charge in [-0.15, -0.1) is 0 Å². The zero-order valence-corrected chi connectivity index (χ0v) is 38.8. The zero-order chi connectivity index (χ0) is 48.1. The summed E-state index contributed by atoms with van der Waals surface area (Å²) in [5.41, 5.74) is 3.81. The number of carbonyl (C=O) groups is 3. The number of ether oxygens (including phenoxy) is 5. The van der Waals surface area contributed by atoms with Crippen molar-refractivity contribution in [3.8, 4) is 23.0 Å². The van der Waals surface area contributed by atoms with Gasteiger partial charge in [0.15, 0.2) is 35.0 Å². The van der Waals surface area contributed by atoms with Crippen LogP contribution in [-0.4, -0.2) is 89.8 Å². The van der Waals surface area contributed by atoms with Crippen molar-refractivity contribution in [2.75, 3.05) is 57.6 Å². The number of hydrogen-bond donors (Lipinski definition) is 2. The average molecular weight is 944 g/mol. The molecule has 0 saturated carbocycles.